The Morgan fingerprint density at radius 2 is 0.667 bits per heavy atom. The van der Waals surface area contributed by atoms with Crippen molar-refractivity contribution in [3.05, 3.63) is 194 Å². The second-order valence-electron chi connectivity index (χ2n) is 12.5. The molecule has 0 atom stereocenters. The van der Waals surface area contributed by atoms with E-state index in [1.54, 1.807) is 0 Å². The maximum absolute atomic E-state index is 2.40. The SMILES string of the molecule is c1ccc(-c2cccc(-c3c4ccccc4c(-c4ccc(-c5cccc6ccccc56)cc4)c4cc(-c5ccccc5)ccc34)c2)cc1. The fourth-order valence-electron chi connectivity index (χ4n) is 7.39. The van der Waals surface area contributed by atoms with Crippen LogP contribution in [-0.2, 0) is 0 Å². The first-order valence-electron chi connectivity index (χ1n) is 16.6. The molecule has 0 aliphatic rings. The molecule has 0 unspecified atom stereocenters. The fraction of sp³-hybridized carbons (Fsp3) is 0. The highest BCUT2D eigenvalue weighted by atomic mass is 14.2. The summed E-state index contributed by atoms with van der Waals surface area (Å²) in [4.78, 5) is 0. The van der Waals surface area contributed by atoms with Crippen molar-refractivity contribution < 1.29 is 0 Å². The minimum atomic E-state index is 1.22. The predicted octanol–water partition coefficient (Wildman–Crippen LogP) is 13.5. The first-order chi connectivity index (χ1) is 23.8. The Morgan fingerprint density at radius 3 is 1.38 bits per heavy atom. The Labute approximate surface area is 281 Å². The summed E-state index contributed by atoms with van der Waals surface area (Å²) < 4.78 is 0. The highest BCUT2D eigenvalue weighted by Gasteiger charge is 2.18. The second-order valence-corrected chi connectivity index (χ2v) is 12.5. The van der Waals surface area contributed by atoms with Crippen LogP contribution in [0.4, 0.5) is 0 Å². The Kier molecular flexibility index (Phi) is 6.91. The van der Waals surface area contributed by atoms with Crippen molar-refractivity contribution in [2.75, 3.05) is 0 Å². The minimum Gasteiger partial charge on any atom is -0.0622 e. The molecule has 224 valence electrons. The summed E-state index contributed by atoms with van der Waals surface area (Å²) in [6, 6.07) is 70.7. The van der Waals surface area contributed by atoms with E-state index in [-0.39, 0.29) is 0 Å². The van der Waals surface area contributed by atoms with Crippen LogP contribution in [0.15, 0.2) is 194 Å². The molecular weight excluding hydrogens is 577 g/mol. The summed E-state index contributed by atoms with van der Waals surface area (Å²) in [6.07, 6.45) is 0. The molecule has 9 aromatic carbocycles. The van der Waals surface area contributed by atoms with Crippen LogP contribution in [0.1, 0.15) is 0 Å². The standard InChI is InChI=1S/C48H32/c1-3-13-33(14-4-1)38-19-11-20-40(31-38)48-44-23-10-9-22-43(44)47(46-32-39(29-30-45(46)48)34-15-5-2-6-16-34)37-27-25-36(26-28-37)42-24-12-18-35-17-7-8-21-41(35)42/h1-32H. The van der Waals surface area contributed by atoms with E-state index < -0.39 is 0 Å². The molecule has 0 bridgehead atoms. The third kappa shape index (κ3) is 4.87. The van der Waals surface area contributed by atoms with Crippen molar-refractivity contribution in [3.63, 3.8) is 0 Å². The summed E-state index contributed by atoms with van der Waals surface area (Å²) in [5.74, 6) is 0. The molecule has 9 rings (SSSR count). The van der Waals surface area contributed by atoms with Crippen LogP contribution in [0.5, 0.6) is 0 Å². The topological polar surface area (TPSA) is 0 Å². The molecule has 0 aromatic heterocycles. The largest absolute Gasteiger partial charge is 0.0622 e. The quantitative estimate of drug-likeness (QED) is 0.171. The van der Waals surface area contributed by atoms with Gasteiger partial charge in [-0.1, -0.05) is 182 Å². The van der Waals surface area contributed by atoms with Crippen LogP contribution in [-0.4, -0.2) is 0 Å². The predicted molar refractivity (Wildman–Crippen MR) is 206 cm³/mol. The Morgan fingerprint density at radius 1 is 0.208 bits per heavy atom. The summed E-state index contributed by atoms with van der Waals surface area (Å²) in [7, 11) is 0. The van der Waals surface area contributed by atoms with Gasteiger partial charge in [-0.2, -0.15) is 0 Å². The molecule has 0 spiro atoms. The van der Waals surface area contributed by atoms with E-state index in [2.05, 4.69) is 194 Å². The molecule has 48 heavy (non-hydrogen) atoms. The van der Waals surface area contributed by atoms with Crippen molar-refractivity contribution in [1.29, 1.82) is 0 Å². The van der Waals surface area contributed by atoms with Crippen LogP contribution in [0.3, 0.4) is 0 Å². The zero-order valence-corrected chi connectivity index (χ0v) is 26.5. The van der Waals surface area contributed by atoms with Gasteiger partial charge in [-0.25, -0.2) is 0 Å². The summed E-state index contributed by atoms with van der Waals surface area (Å²) in [6.45, 7) is 0. The van der Waals surface area contributed by atoms with Crippen molar-refractivity contribution >= 4 is 32.3 Å². The lowest BCUT2D eigenvalue weighted by Crippen LogP contribution is -1.92. The summed E-state index contributed by atoms with van der Waals surface area (Å²) >= 11 is 0. The molecule has 0 heteroatoms. The van der Waals surface area contributed by atoms with Gasteiger partial charge >= 0.3 is 0 Å². The van der Waals surface area contributed by atoms with Crippen molar-refractivity contribution in [2.24, 2.45) is 0 Å². The van der Waals surface area contributed by atoms with E-state index >= 15 is 0 Å². The summed E-state index contributed by atoms with van der Waals surface area (Å²) in [5.41, 5.74) is 12.4. The lowest BCUT2D eigenvalue weighted by Gasteiger charge is -2.19. The molecular formula is C48H32. The van der Waals surface area contributed by atoms with E-state index in [0.717, 1.165) is 0 Å². The van der Waals surface area contributed by atoms with Crippen LogP contribution < -0.4 is 0 Å². The van der Waals surface area contributed by atoms with Gasteiger partial charge in [-0.15, -0.1) is 0 Å². The van der Waals surface area contributed by atoms with E-state index in [4.69, 9.17) is 0 Å². The van der Waals surface area contributed by atoms with Gasteiger partial charge < -0.3 is 0 Å². The Bertz CT molecular complexity index is 2570. The van der Waals surface area contributed by atoms with Crippen molar-refractivity contribution in [1.82, 2.24) is 0 Å². The number of fused-ring (bicyclic) bond motifs is 3. The van der Waals surface area contributed by atoms with Gasteiger partial charge in [-0.05, 0) is 100 Å². The summed E-state index contributed by atoms with van der Waals surface area (Å²) in [5, 5.41) is 7.57. The third-order valence-electron chi connectivity index (χ3n) is 9.66. The van der Waals surface area contributed by atoms with E-state index in [0.29, 0.717) is 0 Å². The lowest BCUT2D eigenvalue weighted by molar-refractivity contribution is 1.60. The van der Waals surface area contributed by atoms with E-state index in [1.165, 1.54) is 88.0 Å². The molecule has 0 heterocycles. The molecule has 0 aliphatic heterocycles. The first-order valence-corrected chi connectivity index (χ1v) is 16.6. The van der Waals surface area contributed by atoms with Gasteiger partial charge in [-0.3, -0.25) is 0 Å². The van der Waals surface area contributed by atoms with Gasteiger partial charge in [0.1, 0.15) is 0 Å². The fourth-order valence-corrected chi connectivity index (χ4v) is 7.39. The maximum Gasteiger partial charge on any atom is -0.00261 e. The maximum atomic E-state index is 2.40. The zero-order valence-electron chi connectivity index (χ0n) is 26.5. The van der Waals surface area contributed by atoms with Gasteiger partial charge in [0.25, 0.3) is 0 Å². The normalized spacial score (nSPS) is 11.3. The molecule has 0 N–H and O–H groups in total. The van der Waals surface area contributed by atoms with Gasteiger partial charge in [0.05, 0.1) is 0 Å². The van der Waals surface area contributed by atoms with E-state index in [1.807, 2.05) is 0 Å². The average Bonchev–Trinajstić information content (AvgIpc) is 3.17. The smallest absolute Gasteiger partial charge is 0.00261 e. The molecule has 0 fully saturated rings. The molecule has 9 aromatic rings. The van der Waals surface area contributed by atoms with Crippen LogP contribution in [0.25, 0.3) is 88.0 Å². The highest BCUT2D eigenvalue weighted by molar-refractivity contribution is 6.22. The molecule has 0 aliphatic carbocycles. The van der Waals surface area contributed by atoms with Crippen LogP contribution in [0, 0.1) is 0 Å². The Balaban J connectivity index is 1.30. The van der Waals surface area contributed by atoms with E-state index in [9.17, 15) is 0 Å². The molecule has 0 saturated heterocycles. The third-order valence-corrected chi connectivity index (χ3v) is 9.66. The van der Waals surface area contributed by atoms with Crippen molar-refractivity contribution in [2.45, 2.75) is 0 Å². The molecule has 0 nitrogen and oxygen atoms in total. The van der Waals surface area contributed by atoms with Crippen molar-refractivity contribution in [3.8, 4) is 55.6 Å². The molecule has 0 radical (unpaired) electrons. The number of rotatable bonds is 5. The number of hydrogen-bond acceptors (Lipinski definition) is 0. The second kappa shape index (κ2) is 11.8. The number of hydrogen-bond donors (Lipinski definition) is 0. The van der Waals surface area contributed by atoms with Gasteiger partial charge in [0.2, 0.25) is 0 Å². The number of benzene rings is 9. The monoisotopic (exact) mass is 608 g/mol. The minimum absolute atomic E-state index is 1.22. The van der Waals surface area contributed by atoms with Crippen LogP contribution in [0.2, 0.25) is 0 Å². The van der Waals surface area contributed by atoms with Crippen LogP contribution >= 0.6 is 0 Å². The van der Waals surface area contributed by atoms with Gasteiger partial charge in [0, 0.05) is 0 Å². The van der Waals surface area contributed by atoms with Gasteiger partial charge in [0.15, 0.2) is 0 Å². The zero-order chi connectivity index (χ0) is 31.9. The average molecular weight is 609 g/mol. The lowest BCUT2D eigenvalue weighted by atomic mass is 9.84. The first kappa shape index (κ1) is 28.0. The Hall–Kier alpha value is -6.24. The highest BCUT2D eigenvalue weighted by Crippen LogP contribution is 2.45. The molecule has 0 amide bonds. The molecule has 0 saturated carbocycles.